The van der Waals surface area contributed by atoms with Crippen molar-refractivity contribution in [2.24, 2.45) is 0 Å². The zero-order valence-corrected chi connectivity index (χ0v) is 3.89. The second-order valence-electron chi connectivity index (χ2n) is 1.01. The van der Waals surface area contributed by atoms with E-state index in [1.54, 1.807) is 0 Å². The Morgan fingerprint density at radius 2 is 1.56 bits per heavy atom. The summed E-state index contributed by atoms with van der Waals surface area (Å²) in [6.07, 6.45) is -7.36. The van der Waals surface area contributed by atoms with E-state index in [4.69, 9.17) is 0 Å². The number of rotatable bonds is 0. The molecule has 0 atom stereocenters. The van der Waals surface area contributed by atoms with Gasteiger partial charge in [-0.15, -0.1) is 0 Å². The lowest BCUT2D eigenvalue weighted by molar-refractivity contribution is -0.0698. The van der Waals surface area contributed by atoms with Crippen LogP contribution in [0.2, 0.25) is 0 Å². The fourth-order valence-corrected chi connectivity index (χ4v) is 0.118. The maximum absolute atomic E-state index is 10.9. The Labute approximate surface area is 47.7 Å². The van der Waals surface area contributed by atoms with E-state index in [-0.39, 0.29) is 0 Å². The smallest absolute Gasteiger partial charge is 0.184 e. The first kappa shape index (κ1) is 8.21. The van der Waals surface area contributed by atoms with E-state index in [1.807, 2.05) is 0 Å². The Kier molecular flexibility index (Phi) is 2.43. The minimum Gasteiger partial charge on any atom is -0.184 e. The minimum atomic E-state index is -4.83. The highest BCUT2D eigenvalue weighted by Crippen LogP contribution is 2.13. The summed E-state index contributed by atoms with van der Waals surface area (Å²) in [6.45, 7) is 0. The number of hydrogen-bond donors (Lipinski definition) is 0. The molecule has 0 N–H and O–H groups in total. The second kappa shape index (κ2) is 2.67. The lowest BCUT2D eigenvalue weighted by Crippen LogP contribution is -2.01. The summed E-state index contributed by atoms with van der Waals surface area (Å²) in [7, 11) is 0. The molecule has 0 saturated heterocycles. The normalized spacial score (nSPS) is 10.9. The van der Waals surface area contributed by atoms with Crippen molar-refractivity contribution in [3.05, 3.63) is 6.43 Å². The summed E-state index contributed by atoms with van der Waals surface area (Å²) in [5.41, 5.74) is 0. The molecule has 0 aromatic carbocycles. The van der Waals surface area contributed by atoms with Crippen molar-refractivity contribution < 1.29 is 22.0 Å². The van der Waals surface area contributed by atoms with E-state index in [2.05, 4.69) is 0 Å². The van der Waals surface area contributed by atoms with E-state index in [9.17, 15) is 22.0 Å². The van der Waals surface area contributed by atoms with Crippen LogP contribution in [0.1, 0.15) is 0 Å². The van der Waals surface area contributed by atoms with Gasteiger partial charge in [0.15, 0.2) is 0 Å². The average molecular weight is 143 g/mol. The van der Waals surface area contributed by atoms with Gasteiger partial charge >= 0.3 is 12.6 Å². The monoisotopic (exact) mass is 143 g/mol. The van der Waals surface area contributed by atoms with Crippen LogP contribution in [-0.4, -0.2) is 6.18 Å². The quantitative estimate of drug-likeness (QED) is 0.359. The molecule has 0 aliphatic heterocycles. The molecule has 0 rings (SSSR count). The lowest BCUT2D eigenvalue weighted by atomic mass is 10.6. The molecular weight excluding hydrogens is 143 g/mol. The highest BCUT2D eigenvalue weighted by molar-refractivity contribution is 5.13. The molecule has 0 aromatic rings. The van der Waals surface area contributed by atoms with E-state index in [0.717, 1.165) is 0 Å². The number of alkyl halides is 3. The lowest BCUT2D eigenvalue weighted by Gasteiger charge is -1.90. The molecule has 0 spiro atoms. The third-order valence-corrected chi connectivity index (χ3v) is 0.299. The fourth-order valence-electron chi connectivity index (χ4n) is 0.118. The molecule has 9 heavy (non-hydrogen) atoms. The molecule has 51 valence electrons. The van der Waals surface area contributed by atoms with Gasteiger partial charge in [0, 0.05) is 5.92 Å². The Bertz CT molecular complexity index is 133. The Morgan fingerprint density at radius 1 is 1.11 bits per heavy atom. The van der Waals surface area contributed by atoms with Crippen molar-refractivity contribution in [3.8, 4) is 11.8 Å². The van der Waals surface area contributed by atoms with Gasteiger partial charge in [0.1, 0.15) is 0 Å². The van der Waals surface area contributed by atoms with Crippen LogP contribution in [0, 0.1) is 18.3 Å². The zero-order valence-electron chi connectivity index (χ0n) is 3.89. The van der Waals surface area contributed by atoms with Gasteiger partial charge < -0.3 is 0 Å². The first-order chi connectivity index (χ1) is 3.92. The molecule has 0 fully saturated rings. The summed E-state index contributed by atoms with van der Waals surface area (Å²) >= 11 is 0. The van der Waals surface area contributed by atoms with E-state index in [1.165, 1.54) is 0 Å². The SMILES string of the molecule is F[C](F)C#CC(F)(F)F. The van der Waals surface area contributed by atoms with Gasteiger partial charge in [0.2, 0.25) is 0 Å². The molecule has 1 radical (unpaired) electrons. The highest BCUT2D eigenvalue weighted by Gasteiger charge is 2.23. The summed E-state index contributed by atoms with van der Waals surface area (Å²) in [5.74, 6) is 0.978. The molecule has 0 heterocycles. The molecule has 0 bridgehead atoms. The first-order valence-electron chi connectivity index (χ1n) is 1.69. The molecule has 0 aliphatic carbocycles. The van der Waals surface area contributed by atoms with Crippen LogP contribution in [0.15, 0.2) is 0 Å². The zero-order chi connectivity index (χ0) is 7.49. The molecule has 0 saturated carbocycles. The van der Waals surface area contributed by atoms with Gasteiger partial charge in [-0.25, -0.2) is 0 Å². The molecule has 0 aromatic heterocycles. The summed E-state index contributed by atoms with van der Waals surface area (Å²) in [5, 5.41) is 0. The Morgan fingerprint density at radius 3 is 1.67 bits per heavy atom. The minimum absolute atomic E-state index is 0.384. The number of halogens is 5. The second-order valence-corrected chi connectivity index (χ2v) is 1.01. The molecular formula is C4F5. The first-order valence-corrected chi connectivity index (χ1v) is 1.69. The van der Waals surface area contributed by atoms with Gasteiger partial charge in [0.05, 0.1) is 0 Å². The van der Waals surface area contributed by atoms with Crippen molar-refractivity contribution in [1.82, 2.24) is 0 Å². The predicted octanol–water partition coefficient (Wildman–Crippen LogP) is 1.98. The molecule has 0 amide bonds. The van der Waals surface area contributed by atoms with Crippen molar-refractivity contribution in [3.63, 3.8) is 0 Å². The van der Waals surface area contributed by atoms with Gasteiger partial charge in [-0.2, -0.15) is 22.0 Å². The van der Waals surface area contributed by atoms with Crippen molar-refractivity contribution in [1.29, 1.82) is 0 Å². The number of hydrogen-bond acceptors (Lipinski definition) is 0. The predicted molar refractivity (Wildman–Crippen MR) is 19.3 cm³/mol. The Balaban J connectivity index is 3.88. The third kappa shape index (κ3) is 7.21. The highest BCUT2D eigenvalue weighted by atomic mass is 19.4. The third-order valence-electron chi connectivity index (χ3n) is 0.299. The average Bonchev–Trinajstić information content (AvgIpc) is 1.59. The maximum atomic E-state index is 10.9. The summed E-state index contributed by atoms with van der Waals surface area (Å²) in [6, 6.07) is 0. The van der Waals surface area contributed by atoms with Crippen LogP contribution < -0.4 is 0 Å². The van der Waals surface area contributed by atoms with Crippen LogP contribution in [0.4, 0.5) is 22.0 Å². The maximum Gasteiger partial charge on any atom is 0.457 e. The van der Waals surface area contributed by atoms with Crippen LogP contribution >= 0.6 is 0 Å². The van der Waals surface area contributed by atoms with Crippen molar-refractivity contribution >= 4 is 0 Å². The summed E-state index contributed by atoms with van der Waals surface area (Å²) < 4.78 is 54.3. The van der Waals surface area contributed by atoms with Crippen molar-refractivity contribution in [2.45, 2.75) is 6.18 Å². The molecule has 0 nitrogen and oxygen atoms in total. The fraction of sp³-hybridized carbons (Fsp3) is 0.250. The van der Waals surface area contributed by atoms with Crippen molar-refractivity contribution in [2.75, 3.05) is 0 Å². The summed E-state index contributed by atoms with van der Waals surface area (Å²) in [4.78, 5) is 0. The molecule has 0 unspecified atom stereocenters. The standard InChI is InChI=1S/C4F5/c5-3(6)1-2-4(7,8)9. The Hall–Kier alpha value is -0.790. The van der Waals surface area contributed by atoms with Crippen LogP contribution in [0.25, 0.3) is 0 Å². The van der Waals surface area contributed by atoms with Gasteiger partial charge in [-0.3, -0.25) is 0 Å². The van der Waals surface area contributed by atoms with E-state index in [0.29, 0.717) is 11.8 Å². The largest absolute Gasteiger partial charge is 0.457 e. The van der Waals surface area contributed by atoms with Gasteiger partial charge in [0.25, 0.3) is 0 Å². The van der Waals surface area contributed by atoms with Gasteiger partial charge in [-0.1, -0.05) is 0 Å². The van der Waals surface area contributed by atoms with E-state index < -0.39 is 12.6 Å². The van der Waals surface area contributed by atoms with E-state index >= 15 is 0 Å². The van der Waals surface area contributed by atoms with Crippen LogP contribution in [-0.2, 0) is 0 Å². The van der Waals surface area contributed by atoms with Crippen LogP contribution in [0.5, 0.6) is 0 Å². The molecule has 0 aliphatic rings. The topological polar surface area (TPSA) is 0 Å². The van der Waals surface area contributed by atoms with Crippen LogP contribution in [0.3, 0.4) is 0 Å². The molecule has 5 heteroatoms. The van der Waals surface area contributed by atoms with Gasteiger partial charge in [-0.05, 0) is 5.92 Å².